The number of benzene rings is 1. The molecular formula is C20H23FN4O4. The molecular weight excluding hydrogens is 379 g/mol. The van der Waals surface area contributed by atoms with Crippen LogP contribution in [0.3, 0.4) is 0 Å². The lowest BCUT2D eigenvalue weighted by Crippen LogP contribution is -2.41. The van der Waals surface area contributed by atoms with Crippen molar-refractivity contribution in [3.8, 4) is 5.75 Å². The molecule has 1 aliphatic heterocycles. The topological polar surface area (TPSA) is 118 Å². The first kappa shape index (κ1) is 20.4. The summed E-state index contributed by atoms with van der Waals surface area (Å²) in [5.41, 5.74) is 6.59. The van der Waals surface area contributed by atoms with Gasteiger partial charge in [0.1, 0.15) is 23.2 Å². The number of anilines is 2. The van der Waals surface area contributed by atoms with E-state index in [1.54, 1.807) is 13.0 Å². The van der Waals surface area contributed by atoms with Gasteiger partial charge in [-0.2, -0.15) is 0 Å². The third kappa shape index (κ3) is 4.39. The highest BCUT2D eigenvalue weighted by molar-refractivity contribution is 6.13. The molecule has 0 unspecified atom stereocenters. The molecule has 0 aliphatic carbocycles. The summed E-state index contributed by atoms with van der Waals surface area (Å²) in [7, 11) is 1.41. The number of nitrogens with one attached hydrogen (secondary N) is 1. The fraction of sp³-hybridized carbons (Fsp3) is 0.350. The van der Waals surface area contributed by atoms with Crippen LogP contribution in [0.5, 0.6) is 5.75 Å². The van der Waals surface area contributed by atoms with E-state index in [1.807, 2.05) is 0 Å². The van der Waals surface area contributed by atoms with Gasteiger partial charge in [0, 0.05) is 19.1 Å². The van der Waals surface area contributed by atoms with E-state index in [9.17, 15) is 14.0 Å². The lowest BCUT2D eigenvalue weighted by molar-refractivity contribution is 0.103. The number of carbonyl (C=O) groups excluding carboxylic acids is 1. The van der Waals surface area contributed by atoms with E-state index in [4.69, 9.17) is 15.6 Å². The second kappa shape index (κ2) is 8.34. The Balaban J connectivity index is 1.76. The zero-order chi connectivity index (χ0) is 21.1. The Morgan fingerprint density at radius 2 is 1.97 bits per heavy atom. The zero-order valence-electron chi connectivity index (χ0n) is 16.2. The van der Waals surface area contributed by atoms with E-state index >= 15 is 0 Å². The lowest BCUT2D eigenvalue weighted by atomic mass is 10.0. The quantitative estimate of drug-likeness (QED) is 0.658. The summed E-state index contributed by atoms with van der Waals surface area (Å²) in [5, 5.41) is 12.2. The largest absolute Gasteiger partial charge is 0.496 e. The van der Waals surface area contributed by atoms with Gasteiger partial charge in [-0.25, -0.2) is 14.2 Å². The van der Waals surface area contributed by atoms with E-state index in [0.717, 1.165) is 6.07 Å². The fourth-order valence-electron chi connectivity index (χ4n) is 3.32. The van der Waals surface area contributed by atoms with Crippen LogP contribution in [0.1, 0.15) is 34.3 Å². The Morgan fingerprint density at radius 1 is 1.28 bits per heavy atom. The summed E-state index contributed by atoms with van der Waals surface area (Å²) in [6, 6.07) is 5.83. The van der Waals surface area contributed by atoms with Crippen LogP contribution in [0.4, 0.5) is 20.8 Å². The number of amides is 1. The second-order valence-corrected chi connectivity index (χ2v) is 6.95. The predicted octanol–water partition coefficient (Wildman–Crippen LogP) is 2.91. The second-order valence-electron chi connectivity index (χ2n) is 6.95. The lowest BCUT2D eigenvalue weighted by Gasteiger charge is -2.30. The molecule has 0 saturated carbocycles. The fourth-order valence-corrected chi connectivity index (χ4v) is 3.32. The van der Waals surface area contributed by atoms with Gasteiger partial charge in [-0.3, -0.25) is 4.79 Å². The van der Waals surface area contributed by atoms with Crippen molar-refractivity contribution in [1.29, 1.82) is 0 Å². The van der Waals surface area contributed by atoms with E-state index in [1.165, 1.54) is 24.1 Å². The van der Waals surface area contributed by atoms with E-state index in [-0.39, 0.29) is 28.7 Å². The van der Waals surface area contributed by atoms with Crippen molar-refractivity contribution in [2.75, 3.05) is 31.2 Å². The molecule has 1 aromatic heterocycles. The minimum Gasteiger partial charge on any atom is -0.496 e. The average molecular weight is 402 g/mol. The number of aromatic nitrogens is 1. The number of carboxylic acid groups (broad SMARTS) is 1. The summed E-state index contributed by atoms with van der Waals surface area (Å²) in [6.45, 7) is 2.47. The molecule has 4 N–H and O–H groups in total. The van der Waals surface area contributed by atoms with Gasteiger partial charge >= 0.3 is 6.09 Å². The van der Waals surface area contributed by atoms with Crippen LogP contribution >= 0.6 is 0 Å². The van der Waals surface area contributed by atoms with Gasteiger partial charge in [-0.1, -0.05) is 0 Å². The first-order valence-electron chi connectivity index (χ1n) is 9.20. The molecule has 3 rings (SSSR count). The van der Waals surface area contributed by atoms with Crippen LogP contribution in [-0.2, 0) is 0 Å². The van der Waals surface area contributed by atoms with E-state index in [2.05, 4.69) is 10.3 Å². The van der Waals surface area contributed by atoms with Gasteiger partial charge in [0.15, 0.2) is 0 Å². The highest BCUT2D eigenvalue weighted by Gasteiger charge is 2.23. The standard InChI is InChI=1S/C20H23FN4O4/c1-11-9-16(29-2)14(10-15(11)21)18(26)13-3-4-17(24-19(13)22)23-12-5-7-25(8-6-12)20(27)28/h3-4,9-10,12H,5-8H2,1-2H3,(H,27,28)(H3,22,23,24). The van der Waals surface area contributed by atoms with Crippen molar-refractivity contribution in [2.45, 2.75) is 25.8 Å². The first-order chi connectivity index (χ1) is 13.8. The van der Waals surface area contributed by atoms with Gasteiger partial charge in [0.25, 0.3) is 0 Å². The molecule has 154 valence electrons. The third-order valence-corrected chi connectivity index (χ3v) is 5.01. The van der Waals surface area contributed by atoms with Crippen LogP contribution in [-0.4, -0.2) is 53.1 Å². The molecule has 1 aromatic carbocycles. The number of methoxy groups -OCH3 is 1. The molecule has 1 saturated heterocycles. The van der Waals surface area contributed by atoms with Crippen molar-refractivity contribution in [2.24, 2.45) is 0 Å². The van der Waals surface area contributed by atoms with Crippen molar-refractivity contribution in [1.82, 2.24) is 9.88 Å². The maximum atomic E-state index is 14.0. The van der Waals surface area contributed by atoms with E-state index < -0.39 is 17.7 Å². The number of likely N-dealkylation sites (tertiary alicyclic amines) is 1. The monoisotopic (exact) mass is 402 g/mol. The Kier molecular flexibility index (Phi) is 5.86. The molecule has 1 amide bonds. The number of piperidine rings is 1. The molecule has 2 heterocycles. The molecule has 0 radical (unpaired) electrons. The Morgan fingerprint density at radius 3 is 2.55 bits per heavy atom. The number of halogens is 1. The van der Waals surface area contributed by atoms with Crippen molar-refractivity contribution in [3.05, 3.63) is 46.8 Å². The summed E-state index contributed by atoms with van der Waals surface area (Å²) in [4.78, 5) is 29.5. The Bertz CT molecular complexity index is 942. The van der Waals surface area contributed by atoms with Gasteiger partial charge in [-0.05, 0) is 49.6 Å². The number of nitrogens with zero attached hydrogens (tertiary/aromatic N) is 2. The maximum Gasteiger partial charge on any atom is 0.407 e. The van der Waals surface area contributed by atoms with Crippen LogP contribution in [0, 0.1) is 12.7 Å². The number of aryl methyl sites for hydroxylation is 1. The van der Waals surface area contributed by atoms with Crippen LogP contribution in [0.15, 0.2) is 24.3 Å². The van der Waals surface area contributed by atoms with Gasteiger partial charge in [-0.15, -0.1) is 0 Å². The normalized spacial score (nSPS) is 14.5. The van der Waals surface area contributed by atoms with Crippen LogP contribution < -0.4 is 15.8 Å². The first-order valence-corrected chi connectivity index (χ1v) is 9.20. The van der Waals surface area contributed by atoms with Crippen molar-refractivity contribution < 1.29 is 23.8 Å². The highest BCUT2D eigenvalue weighted by atomic mass is 19.1. The number of hydrogen-bond donors (Lipinski definition) is 3. The van der Waals surface area contributed by atoms with Crippen LogP contribution in [0.25, 0.3) is 0 Å². The van der Waals surface area contributed by atoms with Gasteiger partial charge < -0.3 is 25.8 Å². The molecule has 2 aromatic rings. The molecule has 29 heavy (non-hydrogen) atoms. The minimum atomic E-state index is -0.920. The number of rotatable bonds is 5. The predicted molar refractivity (Wildman–Crippen MR) is 106 cm³/mol. The number of carbonyl (C=O) groups is 2. The van der Waals surface area contributed by atoms with Gasteiger partial charge in [0.05, 0.1) is 18.2 Å². The number of hydrogen-bond acceptors (Lipinski definition) is 6. The van der Waals surface area contributed by atoms with E-state index in [0.29, 0.717) is 37.3 Å². The Hall–Kier alpha value is -3.36. The summed E-state index contributed by atoms with van der Waals surface area (Å²) >= 11 is 0. The number of nitrogen functional groups attached to an aromatic ring is 1. The highest BCUT2D eigenvalue weighted by Crippen LogP contribution is 2.27. The minimum absolute atomic E-state index is 0.0195. The smallest absolute Gasteiger partial charge is 0.407 e. The molecule has 9 heteroatoms. The number of ketones is 1. The van der Waals surface area contributed by atoms with Crippen molar-refractivity contribution >= 4 is 23.5 Å². The van der Waals surface area contributed by atoms with Crippen molar-refractivity contribution in [3.63, 3.8) is 0 Å². The molecule has 0 spiro atoms. The maximum absolute atomic E-state index is 14.0. The average Bonchev–Trinajstić information content (AvgIpc) is 2.69. The van der Waals surface area contributed by atoms with Gasteiger partial charge in [0.2, 0.25) is 5.78 Å². The third-order valence-electron chi connectivity index (χ3n) is 5.01. The number of nitrogens with two attached hydrogens (primary N) is 1. The Labute approximate surface area is 167 Å². The zero-order valence-corrected chi connectivity index (χ0v) is 16.2. The molecule has 8 nitrogen and oxygen atoms in total. The molecule has 1 fully saturated rings. The summed E-state index contributed by atoms with van der Waals surface area (Å²) < 4.78 is 19.2. The molecule has 0 atom stereocenters. The molecule has 0 bridgehead atoms. The SMILES string of the molecule is COc1cc(C)c(F)cc1C(=O)c1ccc(NC2CCN(C(=O)O)CC2)nc1N. The summed E-state index contributed by atoms with van der Waals surface area (Å²) in [6.07, 6.45) is 0.375. The summed E-state index contributed by atoms with van der Waals surface area (Å²) in [5.74, 6) is -0.208. The van der Waals surface area contributed by atoms with Crippen LogP contribution in [0.2, 0.25) is 0 Å². The molecule has 1 aliphatic rings. The number of pyridine rings is 1. The number of ether oxygens (including phenoxy) is 1.